The summed E-state index contributed by atoms with van der Waals surface area (Å²) in [5, 5.41) is 8.39. The quantitative estimate of drug-likeness (QED) is 0.0314. The monoisotopic (exact) mass is 767 g/mol. The van der Waals surface area contributed by atoms with E-state index < -0.39 is 41.6 Å². The molecule has 3 amide bonds. The van der Waals surface area contributed by atoms with Crippen molar-refractivity contribution in [3.8, 4) is 11.5 Å². The molecule has 290 valence electrons. The first kappa shape index (κ1) is 37.9. The molecular weight excluding hydrogens is 727 g/mol. The van der Waals surface area contributed by atoms with E-state index in [9.17, 15) is 19.2 Å². The first-order valence-corrected chi connectivity index (χ1v) is 18.3. The molecule has 0 saturated heterocycles. The third-order valence-electron chi connectivity index (χ3n) is 9.69. The summed E-state index contributed by atoms with van der Waals surface area (Å²) in [6, 6.07) is 33.4. The molecule has 14 nitrogen and oxygen atoms in total. The summed E-state index contributed by atoms with van der Waals surface area (Å²) in [6.07, 6.45) is -0.187. The van der Waals surface area contributed by atoms with Crippen LogP contribution in [0.5, 0.6) is 11.5 Å². The lowest BCUT2D eigenvalue weighted by Gasteiger charge is -2.36. The summed E-state index contributed by atoms with van der Waals surface area (Å²) in [6.45, 7) is 0.207. The van der Waals surface area contributed by atoms with Crippen LogP contribution in [0.15, 0.2) is 126 Å². The highest BCUT2D eigenvalue weighted by atomic mass is 16.6. The van der Waals surface area contributed by atoms with Gasteiger partial charge in [0.1, 0.15) is 30.2 Å². The summed E-state index contributed by atoms with van der Waals surface area (Å²) in [7, 11) is 0. The van der Waals surface area contributed by atoms with Gasteiger partial charge in [-0.05, 0) is 54.3 Å². The first-order chi connectivity index (χ1) is 27.6. The van der Waals surface area contributed by atoms with E-state index in [4.69, 9.17) is 31.4 Å². The Bertz CT molecular complexity index is 2330. The number of nitrogen functional groups attached to an aromatic ring is 1. The number of carbonyl (C=O) groups excluding carboxylic acids is 4. The van der Waals surface area contributed by atoms with Crippen LogP contribution in [0.3, 0.4) is 0 Å². The van der Waals surface area contributed by atoms with Gasteiger partial charge in [-0.1, -0.05) is 78.9 Å². The zero-order chi connectivity index (χ0) is 39.9. The molecule has 0 aromatic heterocycles. The highest BCUT2D eigenvalue weighted by Crippen LogP contribution is 2.56. The lowest BCUT2D eigenvalue weighted by molar-refractivity contribution is -0.128. The van der Waals surface area contributed by atoms with Crippen molar-refractivity contribution < 1.29 is 33.4 Å². The van der Waals surface area contributed by atoms with Crippen LogP contribution in [0, 0.1) is 0 Å². The Balaban J connectivity index is 1.13. The second-order valence-corrected chi connectivity index (χ2v) is 13.6. The van der Waals surface area contributed by atoms with Gasteiger partial charge in [-0.3, -0.25) is 14.6 Å². The van der Waals surface area contributed by atoms with Gasteiger partial charge >= 0.3 is 12.1 Å². The van der Waals surface area contributed by atoms with Gasteiger partial charge in [0.25, 0.3) is 0 Å². The van der Waals surface area contributed by atoms with E-state index >= 15 is 0 Å². The van der Waals surface area contributed by atoms with Crippen molar-refractivity contribution in [3.63, 3.8) is 0 Å². The molecule has 0 saturated carbocycles. The molecule has 14 heteroatoms. The first-order valence-electron chi connectivity index (χ1n) is 18.3. The molecule has 5 aromatic carbocycles. The standard InChI is InChI=1S/C43H41N7O7/c44-28-17-19-32-36(23-28)56-37-24-29(18-20-33(37)43(32)31-15-8-7-14-30(31)40(53)57-43)48-38(51)34(16-9-21-47-41(45)46)49-39(52)35(22-26-10-3-1-4-11-26)50-42(54)55-25-27-12-5-2-6-13-27/h1-8,10-15,17-20,23-24,34-35H,9,16,21-22,25,44H2,(H,48,51)(H,49,52)(H,50,54)(H4,45,46,47). The van der Waals surface area contributed by atoms with Crippen molar-refractivity contribution >= 4 is 41.2 Å². The van der Waals surface area contributed by atoms with E-state index in [-0.39, 0.29) is 32.0 Å². The molecule has 5 aromatic rings. The van der Waals surface area contributed by atoms with Crippen LogP contribution in [0.1, 0.15) is 51.0 Å². The van der Waals surface area contributed by atoms with Gasteiger partial charge in [0.05, 0.1) is 5.56 Å². The van der Waals surface area contributed by atoms with Crippen molar-refractivity contribution in [2.75, 3.05) is 17.6 Å². The van der Waals surface area contributed by atoms with Gasteiger partial charge in [0.2, 0.25) is 11.8 Å². The fourth-order valence-corrected chi connectivity index (χ4v) is 7.01. The molecule has 1 spiro atoms. The number of hydrogen-bond donors (Lipinski definition) is 6. The topological polar surface area (TPSA) is 222 Å². The fraction of sp³-hybridized carbons (Fsp3) is 0.186. The van der Waals surface area contributed by atoms with E-state index in [2.05, 4.69) is 20.9 Å². The average Bonchev–Trinajstić information content (AvgIpc) is 3.50. The molecular formula is C43H41N7O7. The predicted octanol–water partition coefficient (Wildman–Crippen LogP) is 4.85. The minimum atomic E-state index is -1.32. The van der Waals surface area contributed by atoms with Gasteiger partial charge in [0.15, 0.2) is 11.6 Å². The van der Waals surface area contributed by atoms with Crippen molar-refractivity contribution in [3.05, 3.63) is 155 Å². The van der Waals surface area contributed by atoms with Crippen LogP contribution >= 0.6 is 0 Å². The predicted molar refractivity (Wildman–Crippen MR) is 213 cm³/mol. The van der Waals surface area contributed by atoms with Crippen molar-refractivity contribution in [2.24, 2.45) is 16.5 Å². The second kappa shape index (κ2) is 16.6. The number of guanidine groups is 1. The highest BCUT2D eigenvalue weighted by Gasteiger charge is 2.53. The Morgan fingerprint density at radius 3 is 2.14 bits per heavy atom. The van der Waals surface area contributed by atoms with Gasteiger partial charge in [-0.25, -0.2) is 9.59 Å². The maximum Gasteiger partial charge on any atom is 0.408 e. The third kappa shape index (κ3) is 8.34. The number of ether oxygens (including phenoxy) is 3. The molecule has 57 heavy (non-hydrogen) atoms. The molecule has 0 fully saturated rings. The van der Waals surface area contributed by atoms with Crippen LogP contribution in [0.4, 0.5) is 16.2 Å². The minimum Gasteiger partial charge on any atom is -0.456 e. The number of aliphatic imine (C=N–C) groups is 1. The Morgan fingerprint density at radius 2 is 1.40 bits per heavy atom. The number of anilines is 2. The van der Waals surface area contributed by atoms with E-state index in [1.165, 1.54) is 0 Å². The van der Waals surface area contributed by atoms with Crippen LogP contribution in [-0.4, -0.2) is 48.5 Å². The molecule has 7 rings (SSSR count). The summed E-state index contributed by atoms with van der Waals surface area (Å²) in [5.41, 5.74) is 20.4. The normalized spacial score (nSPS) is 15.7. The van der Waals surface area contributed by atoms with E-state index in [0.29, 0.717) is 51.5 Å². The number of benzene rings is 5. The van der Waals surface area contributed by atoms with Crippen molar-refractivity contribution in [2.45, 2.75) is 43.6 Å². The number of nitrogens with two attached hydrogens (primary N) is 3. The number of fused-ring (bicyclic) bond motifs is 6. The Labute approximate surface area is 328 Å². The number of nitrogens with zero attached hydrogens (tertiary/aromatic N) is 1. The number of hydrogen-bond acceptors (Lipinski definition) is 9. The molecule has 2 aliphatic rings. The van der Waals surface area contributed by atoms with Crippen molar-refractivity contribution in [1.29, 1.82) is 0 Å². The molecule has 0 bridgehead atoms. The zero-order valence-electron chi connectivity index (χ0n) is 30.8. The molecule has 0 aliphatic carbocycles. The molecule has 3 unspecified atom stereocenters. The summed E-state index contributed by atoms with van der Waals surface area (Å²) in [4.78, 5) is 58.2. The zero-order valence-corrected chi connectivity index (χ0v) is 30.8. The summed E-state index contributed by atoms with van der Waals surface area (Å²) >= 11 is 0. The number of esters is 1. The Kier molecular flexibility index (Phi) is 11.0. The average molecular weight is 768 g/mol. The van der Waals surface area contributed by atoms with Crippen LogP contribution in [0.2, 0.25) is 0 Å². The van der Waals surface area contributed by atoms with E-state index in [1.54, 1.807) is 48.5 Å². The van der Waals surface area contributed by atoms with Gasteiger partial charge in [-0.15, -0.1) is 0 Å². The van der Waals surface area contributed by atoms with Gasteiger partial charge in [-0.2, -0.15) is 0 Å². The van der Waals surface area contributed by atoms with Crippen LogP contribution in [0.25, 0.3) is 0 Å². The third-order valence-corrected chi connectivity index (χ3v) is 9.69. The maximum atomic E-state index is 14.1. The lowest BCUT2D eigenvalue weighted by atomic mass is 9.77. The summed E-state index contributed by atoms with van der Waals surface area (Å²) in [5.74, 6) is -1.03. The van der Waals surface area contributed by atoms with Crippen LogP contribution in [-0.2, 0) is 37.7 Å². The number of carbonyl (C=O) groups is 4. The second-order valence-electron chi connectivity index (χ2n) is 13.6. The number of amides is 3. The van der Waals surface area contributed by atoms with Crippen molar-refractivity contribution in [1.82, 2.24) is 10.6 Å². The van der Waals surface area contributed by atoms with Crippen LogP contribution < -0.4 is 37.9 Å². The Hall–Kier alpha value is -7.35. The SMILES string of the molecule is NC(N)=NCCCC(NC(=O)C(Cc1ccccc1)NC(=O)OCc1ccccc1)C(=O)Nc1ccc2c(c1)Oc1cc(N)ccc1C21OC(=O)c2ccccc21. The highest BCUT2D eigenvalue weighted by molar-refractivity contribution is 5.99. The van der Waals surface area contributed by atoms with Gasteiger partial charge < -0.3 is 47.4 Å². The lowest BCUT2D eigenvalue weighted by Crippen LogP contribution is -2.53. The molecule has 3 atom stereocenters. The molecule has 2 aliphatic heterocycles. The maximum absolute atomic E-state index is 14.1. The minimum absolute atomic E-state index is 0.00168. The number of rotatable bonds is 13. The van der Waals surface area contributed by atoms with Gasteiger partial charge in [0, 0.05) is 53.2 Å². The van der Waals surface area contributed by atoms with E-state index in [0.717, 1.165) is 11.1 Å². The van der Waals surface area contributed by atoms with E-state index in [1.807, 2.05) is 72.8 Å². The molecule has 9 N–H and O–H groups in total. The Morgan fingerprint density at radius 1 is 0.737 bits per heavy atom. The molecule has 0 radical (unpaired) electrons. The molecule has 2 heterocycles. The number of nitrogens with one attached hydrogen (secondary N) is 3. The fourth-order valence-electron chi connectivity index (χ4n) is 7.01. The number of alkyl carbamates (subject to hydrolysis) is 1. The summed E-state index contributed by atoms with van der Waals surface area (Å²) < 4.78 is 18.0. The largest absolute Gasteiger partial charge is 0.456 e. The smallest absolute Gasteiger partial charge is 0.408 e.